The molecule has 5 heteroatoms. The predicted octanol–water partition coefficient (Wildman–Crippen LogP) is 4.52. The molecule has 4 rings (SSSR count). The number of hydrogen-bond acceptors (Lipinski definition) is 2. The second-order valence-corrected chi connectivity index (χ2v) is 6.36. The van der Waals surface area contributed by atoms with Crippen LogP contribution in [0.15, 0.2) is 40.9 Å². The van der Waals surface area contributed by atoms with Gasteiger partial charge in [0.1, 0.15) is 11.6 Å². The van der Waals surface area contributed by atoms with Crippen molar-refractivity contribution < 1.29 is 4.39 Å². The van der Waals surface area contributed by atoms with Crippen molar-refractivity contribution in [2.75, 3.05) is 5.73 Å². The first-order valence-corrected chi connectivity index (χ1v) is 7.65. The number of anilines is 1. The Hall–Kier alpha value is -1.88. The molecule has 0 saturated heterocycles. The minimum atomic E-state index is -0.261. The van der Waals surface area contributed by atoms with Crippen LogP contribution in [-0.2, 0) is 0 Å². The fourth-order valence-electron chi connectivity index (χ4n) is 2.72. The Morgan fingerprint density at radius 2 is 2.00 bits per heavy atom. The molecule has 1 aromatic heterocycles. The number of nitrogens with zero attached hydrogens (tertiary/aromatic N) is 2. The van der Waals surface area contributed by atoms with Crippen molar-refractivity contribution in [3.63, 3.8) is 0 Å². The van der Waals surface area contributed by atoms with Crippen LogP contribution in [0.1, 0.15) is 18.9 Å². The van der Waals surface area contributed by atoms with E-state index in [1.54, 1.807) is 6.07 Å². The zero-order valence-electron chi connectivity index (χ0n) is 11.2. The summed E-state index contributed by atoms with van der Waals surface area (Å²) in [6.45, 7) is 0. The molecule has 0 atom stereocenters. The summed E-state index contributed by atoms with van der Waals surface area (Å²) in [6.07, 6.45) is 2.28. The van der Waals surface area contributed by atoms with Gasteiger partial charge < -0.3 is 10.3 Å². The van der Waals surface area contributed by atoms with Gasteiger partial charge in [-0.3, -0.25) is 0 Å². The Bertz CT molecular complexity index is 832. The third kappa shape index (κ3) is 2.21. The Morgan fingerprint density at radius 1 is 1.19 bits per heavy atom. The topological polar surface area (TPSA) is 43.8 Å². The average molecular weight is 346 g/mol. The summed E-state index contributed by atoms with van der Waals surface area (Å²) in [5.74, 6) is 0.592. The van der Waals surface area contributed by atoms with Crippen LogP contribution in [-0.4, -0.2) is 9.55 Å². The van der Waals surface area contributed by atoms with E-state index in [2.05, 4.69) is 25.5 Å². The highest BCUT2D eigenvalue weighted by Crippen LogP contribution is 2.41. The van der Waals surface area contributed by atoms with Crippen LogP contribution in [0.25, 0.3) is 22.4 Å². The highest BCUT2D eigenvalue weighted by atomic mass is 79.9. The van der Waals surface area contributed by atoms with E-state index in [4.69, 9.17) is 5.73 Å². The quantitative estimate of drug-likeness (QED) is 0.693. The molecule has 0 radical (unpaired) electrons. The van der Waals surface area contributed by atoms with Gasteiger partial charge in [0.15, 0.2) is 0 Å². The second-order valence-electron chi connectivity index (χ2n) is 5.44. The number of imidazole rings is 1. The number of nitrogens with two attached hydrogens (primary N) is 1. The van der Waals surface area contributed by atoms with Gasteiger partial charge in [0, 0.05) is 27.8 Å². The minimum Gasteiger partial charge on any atom is -0.399 e. The molecule has 0 bridgehead atoms. The minimum absolute atomic E-state index is 0.261. The van der Waals surface area contributed by atoms with Gasteiger partial charge in [-0.05, 0) is 43.2 Å². The number of aromatic nitrogens is 2. The molecule has 2 N–H and O–H groups in total. The standard InChI is InChI=1S/C16H13BrFN3/c17-10-5-9(6-12(19)7-10)16-20-14-8-11(18)1-4-15(14)21(16)13-2-3-13/h1,4-8,13H,2-3,19H2. The SMILES string of the molecule is Nc1cc(Br)cc(-c2nc3cc(F)ccc3n2C2CC2)c1. The highest BCUT2D eigenvalue weighted by molar-refractivity contribution is 9.10. The molecular weight excluding hydrogens is 333 g/mol. The zero-order chi connectivity index (χ0) is 14.6. The molecule has 3 nitrogen and oxygen atoms in total. The Kier molecular flexibility index (Phi) is 2.79. The molecule has 1 fully saturated rings. The summed E-state index contributed by atoms with van der Waals surface area (Å²) >= 11 is 3.47. The van der Waals surface area contributed by atoms with Gasteiger partial charge in [0.05, 0.1) is 11.0 Å². The van der Waals surface area contributed by atoms with Crippen LogP contribution in [0.4, 0.5) is 10.1 Å². The molecule has 0 amide bonds. The van der Waals surface area contributed by atoms with Crippen LogP contribution >= 0.6 is 15.9 Å². The Labute approximate surface area is 129 Å². The van der Waals surface area contributed by atoms with Crippen molar-refractivity contribution in [2.45, 2.75) is 18.9 Å². The van der Waals surface area contributed by atoms with E-state index in [0.29, 0.717) is 17.2 Å². The molecule has 106 valence electrons. The maximum absolute atomic E-state index is 13.4. The van der Waals surface area contributed by atoms with Crippen LogP contribution < -0.4 is 5.73 Å². The van der Waals surface area contributed by atoms with Crippen molar-refractivity contribution >= 4 is 32.7 Å². The Balaban J connectivity index is 2.00. The van der Waals surface area contributed by atoms with Gasteiger partial charge in [-0.2, -0.15) is 0 Å². The van der Waals surface area contributed by atoms with Gasteiger partial charge in [0.25, 0.3) is 0 Å². The largest absolute Gasteiger partial charge is 0.399 e. The third-order valence-corrected chi connectivity index (χ3v) is 4.20. The first kappa shape index (κ1) is 12.8. The van der Waals surface area contributed by atoms with Gasteiger partial charge >= 0.3 is 0 Å². The van der Waals surface area contributed by atoms with Crippen LogP contribution in [0, 0.1) is 5.82 Å². The van der Waals surface area contributed by atoms with E-state index in [1.165, 1.54) is 12.1 Å². The lowest BCUT2D eigenvalue weighted by molar-refractivity contribution is 0.629. The summed E-state index contributed by atoms with van der Waals surface area (Å²) in [5.41, 5.74) is 9.23. The summed E-state index contributed by atoms with van der Waals surface area (Å²) in [5, 5.41) is 0. The maximum Gasteiger partial charge on any atom is 0.141 e. The lowest BCUT2D eigenvalue weighted by atomic mass is 10.2. The smallest absolute Gasteiger partial charge is 0.141 e. The normalized spacial score (nSPS) is 14.8. The molecular formula is C16H13BrFN3. The Morgan fingerprint density at radius 3 is 2.71 bits per heavy atom. The van der Waals surface area contributed by atoms with Gasteiger partial charge in [0.2, 0.25) is 0 Å². The van der Waals surface area contributed by atoms with Crippen molar-refractivity contribution in [3.8, 4) is 11.4 Å². The average Bonchev–Trinajstić information content (AvgIpc) is 3.18. The van der Waals surface area contributed by atoms with Crippen LogP contribution in [0.3, 0.4) is 0 Å². The second kappa shape index (κ2) is 4.56. The first-order chi connectivity index (χ1) is 10.1. The maximum atomic E-state index is 13.4. The van der Waals surface area contributed by atoms with E-state index >= 15 is 0 Å². The van der Waals surface area contributed by atoms with Crippen LogP contribution in [0.2, 0.25) is 0 Å². The van der Waals surface area contributed by atoms with Crippen molar-refractivity contribution in [2.24, 2.45) is 0 Å². The number of benzene rings is 2. The fourth-order valence-corrected chi connectivity index (χ4v) is 3.23. The number of hydrogen-bond donors (Lipinski definition) is 1. The third-order valence-electron chi connectivity index (χ3n) is 3.74. The van der Waals surface area contributed by atoms with Gasteiger partial charge in [-0.1, -0.05) is 15.9 Å². The molecule has 1 aliphatic rings. The van der Waals surface area contributed by atoms with Crippen LogP contribution in [0.5, 0.6) is 0 Å². The van der Waals surface area contributed by atoms with E-state index in [1.807, 2.05) is 18.2 Å². The lowest BCUT2D eigenvalue weighted by Crippen LogP contribution is -1.98. The first-order valence-electron chi connectivity index (χ1n) is 6.86. The molecule has 3 aromatic rings. The van der Waals surface area contributed by atoms with E-state index in [-0.39, 0.29) is 5.82 Å². The molecule has 2 aromatic carbocycles. The summed E-state index contributed by atoms with van der Waals surface area (Å²) in [4.78, 5) is 4.63. The molecule has 0 aliphatic heterocycles. The van der Waals surface area contributed by atoms with Gasteiger partial charge in [-0.25, -0.2) is 9.37 Å². The molecule has 0 unspecified atom stereocenters. The van der Waals surface area contributed by atoms with E-state index < -0.39 is 0 Å². The molecule has 0 spiro atoms. The number of rotatable bonds is 2. The lowest BCUT2D eigenvalue weighted by Gasteiger charge is -2.09. The van der Waals surface area contributed by atoms with Crippen molar-refractivity contribution in [1.29, 1.82) is 0 Å². The molecule has 1 heterocycles. The zero-order valence-corrected chi connectivity index (χ0v) is 12.8. The highest BCUT2D eigenvalue weighted by Gasteiger charge is 2.28. The predicted molar refractivity (Wildman–Crippen MR) is 85.5 cm³/mol. The number of nitrogen functional groups attached to an aromatic ring is 1. The fraction of sp³-hybridized carbons (Fsp3) is 0.188. The number of fused-ring (bicyclic) bond motifs is 1. The number of halogens is 2. The van der Waals surface area contributed by atoms with E-state index in [0.717, 1.165) is 34.2 Å². The van der Waals surface area contributed by atoms with E-state index in [9.17, 15) is 4.39 Å². The molecule has 21 heavy (non-hydrogen) atoms. The molecule has 1 saturated carbocycles. The summed E-state index contributed by atoms with van der Waals surface area (Å²) in [7, 11) is 0. The summed E-state index contributed by atoms with van der Waals surface area (Å²) < 4.78 is 16.6. The monoisotopic (exact) mass is 345 g/mol. The van der Waals surface area contributed by atoms with Crippen molar-refractivity contribution in [1.82, 2.24) is 9.55 Å². The molecule has 1 aliphatic carbocycles. The summed E-state index contributed by atoms with van der Waals surface area (Å²) in [6, 6.07) is 11.0. The van der Waals surface area contributed by atoms with Gasteiger partial charge in [-0.15, -0.1) is 0 Å². The van der Waals surface area contributed by atoms with Crippen molar-refractivity contribution in [3.05, 3.63) is 46.7 Å².